The molecule has 2 aliphatic rings. The number of halogens is 2. The fraction of sp³-hybridized carbons (Fsp3) is 0.304. The molecule has 0 aliphatic heterocycles. The Kier molecular flexibility index (Phi) is 9.72. The molecule has 0 bridgehead atoms. The van der Waals surface area contributed by atoms with Crippen molar-refractivity contribution in [3.63, 3.8) is 0 Å². The van der Waals surface area contributed by atoms with Gasteiger partial charge in [-0.3, -0.25) is 0 Å². The molecule has 1 atom stereocenters. The topological polar surface area (TPSA) is 20.2 Å². The molecule has 1 nitrogen and oxygen atoms in total. The molecule has 0 fully saturated rings. The summed E-state index contributed by atoms with van der Waals surface area (Å²) in [4.78, 5) is 0. The third kappa shape index (κ3) is 4.68. The number of rotatable bonds is 5. The largest absolute Gasteiger partial charge is 0.396 e. The van der Waals surface area contributed by atoms with Crippen LogP contribution in [0.5, 0.6) is 0 Å². The van der Waals surface area contributed by atoms with E-state index < -0.39 is 0 Å². The molecule has 0 radical (unpaired) electrons. The zero-order valence-corrected chi connectivity index (χ0v) is 19.7. The molecule has 4 heteroatoms. The predicted octanol–water partition coefficient (Wildman–Crippen LogP) is 6.32. The molecule has 0 spiro atoms. The van der Waals surface area contributed by atoms with E-state index in [0.717, 1.165) is 25.7 Å². The van der Waals surface area contributed by atoms with Crippen LogP contribution in [-0.2, 0) is 32.6 Å². The zero-order valence-electron chi connectivity index (χ0n) is 15.6. The average Bonchev–Trinajstić information content (AvgIpc) is 3.26. The number of aliphatic hydroxyl groups is 1. The number of aliphatic hydroxyl groups excluding tert-OH is 1. The minimum absolute atomic E-state index is 0. The quantitative estimate of drug-likeness (QED) is 0.453. The number of benzene rings is 2. The summed E-state index contributed by atoms with van der Waals surface area (Å²) in [6, 6.07) is 13.6. The molecule has 0 saturated heterocycles. The first-order valence-electron chi connectivity index (χ1n) is 9.03. The molecular formula is C23H26Cl2OZr. The molecule has 2 aliphatic carbocycles. The molecule has 0 saturated carbocycles. The predicted molar refractivity (Wildman–Crippen MR) is 116 cm³/mol. The van der Waals surface area contributed by atoms with Gasteiger partial charge in [-0.05, 0) is 70.6 Å². The van der Waals surface area contributed by atoms with Gasteiger partial charge in [-0.1, -0.05) is 61.5 Å². The first-order valence-corrected chi connectivity index (χ1v) is 9.03. The second kappa shape index (κ2) is 10.8. The van der Waals surface area contributed by atoms with Gasteiger partial charge in [0, 0.05) is 32.8 Å². The standard InChI is InChI=1S/C23H24O.2ClH.Zr/c1-2-16(11-12-24)19-14-21(17-7-3-4-8-17)23-13-18-9-5-6-10-20(18)22(23)15-19;;;/h3-7,9-10,14-16,24H,2,8,11-13H2,1H3;2*1H;. The SMILES string of the molecule is CCC(CCO)c1cc(C2=CC=CC2)c2c(c1)-c1ccccc1C2.Cl.Cl.[Zr]. The van der Waals surface area contributed by atoms with Crippen molar-refractivity contribution in [2.75, 3.05) is 6.61 Å². The number of fused-ring (bicyclic) bond motifs is 3. The molecular weight excluding hydrogens is 454 g/mol. The molecule has 1 N–H and O–H groups in total. The molecule has 0 amide bonds. The van der Waals surface area contributed by atoms with Crippen molar-refractivity contribution in [3.05, 3.63) is 76.9 Å². The van der Waals surface area contributed by atoms with Crippen LogP contribution >= 0.6 is 24.8 Å². The molecule has 0 heterocycles. The van der Waals surface area contributed by atoms with Crippen molar-refractivity contribution >= 4 is 30.4 Å². The third-order valence-corrected chi connectivity index (χ3v) is 5.51. The summed E-state index contributed by atoms with van der Waals surface area (Å²) in [5.41, 5.74) is 9.94. The summed E-state index contributed by atoms with van der Waals surface area (Å²) in [6.07, 6.45) is 10.6. The monoisotopic (exact) mass is 478 g/mol. The molecule has 0 aromatic heterocycles. The average molecular weight is 481 g/mol. The molecule has 142 valence electrons. The summed E-state index contributed by atoms with van der Waals surface area (Å²) in [5.74, 6) is 0.432. The van der Waals surface area contributed by atoms with Gasteiger partial charge in [-0.15, -0.1) is 24.8 Å². The van der Waals surface area contributed by atoms with Gasteiger partial charge in [0.2, 0.25) is 0 Å². The van der Waals surface area contributed by atoms with Crippen molar-refractivity contribution in [2.24, 2.45) is 0 Å². The van der Waals surface area contributed by atoms with E-state index in [4.69, 9.17) is 0 Å². The van der Waals surface area contributed by atoms with E-state index in [1.165, 1.54) is 39.0 Å². The van der Waals surface area contributed by atoms with Crippen molar-refractivity contribution < 1.29 is 31.3 Å². The summed E-state index contributed by atoms with van der Waals surface area (Å²) in [7, 11) is 0. The van der Waals surface area contributed by atoms with Gasteiger partial charge in [-0.2, -0.15) is 0 Å². The van der Waals surface area contributed by atoms with Crippen LogP contribution in [0, 0.1) is 0 Å². The maximum Gasteiger partial charge on any atom is 0.0436 e. The van der Waals surface area contributed by atoms with E-state index in [1.54, 1.807) is 0 Å². The Bertz CT molecular complexity index is 842. The van der Waals surface area contributed by atoms with E-state index in [1.807, 2.05) is 0 Å². The van der Waals surface area contributed by atoms with Crippen LogP contribution in [0.2, 0.25) is 0 Å². The van der Waals surface area contributed by atoms with E-state index in [-0.39, 0.29) is 57.6 Å². The summed E-state index contributed by atoms with van der Waals surface area (Å²) in [5, 5.41) is 9.44. The minimum atomic E-state index is 0. The Hall–Kier alpha value is -0.657. The molecule has 2 aromatic carbocycles. The Labute approximate surface area is 193 Å². The van der Waals surface area contributed by atoms with E-state index >= 15 is 0 Å². The van der Waals surface area contributed by atoms with Crippen LogP contribution in [0.3, 0.4) is 0 Å². The normalized spacial score (nSPS) is 14.2. The van der Waals surface area contributed by atoms with Gasteiger partial charge >= 0.3 is 0 Å². The Balaban J connectivity index is 0.00000121. The second-order valence-corrected chi connectivity index (χ2v) is 6.87. The summed E-state index contributed by atoms with van der Waals surface area (Å²) in [6.45, 7) is 2.48. The van der Waals surface area contributed by atoms with Gasteiger partial charge < -0.3 is 5.11 Å². The Morgan fingerprint density at radius 1 is 1.04 bits per heavy atom. The molecule has 4 rings (SSSR count). The smallest absolute Gasteiger partial charge is 0.0436 e. The number of hydrogen-bond donors (Lipinski definition) is 1. The van der Waals surface area contributed by atoms with Crippen molar-refractivity contribution in [2.45, 2.75) is 38.5 Å². The summed E-state index contributed by atoms with van der Waals surface area (Å²) < 4.78 is 0. The van der Waals surface area contributed by atoms with E-state index in [2.05, 4.69) is 61.5 Å². The maximum absolute atomic E-state index is 9.44. The zero-order chi connectivity index (χ0) is 16.5. The van der Waals surface area contributed by atoms with Crippen LogP contribution in [-0.4, -0.2) is 11.7 Å². The molecule has 1 unspecified atom stereocenters. The fourth-order valence-corrected chi connectivity index (χ4v) is 4.18. The summed E-state index contributed by atoms with van der Waals surface area (Å²) >= 11 is 0. The molecule has 27 heavy (non-hydrogen) atoms. The van der Waals surface area contributed by atoms with Crippen LogP contribution in [0.25, 0.3) is 16.7 Å². The first kappa shape index (κ1) is 24.4. The second-order valence-electron chi connectivity index (χ2n) is 6.87. The van der Waals surface area contributed by atoms with Crippen molar-refractivity contribution in [1.82, 2.24) is 0 Å². The van der Waals surface area contributed by atoms with Gasteiger partial charge in [0.15, 0.2) is 0 Å². The molecule has 2 aromatic rings. The first-order chi connectivity index (χ1) is 11.8. The van der Waals surface area contributed by atoms with Crippen LogP contribution in [0.1, 0.15) is 54.4 Å². The van der Waals surface area contributed by atoms with Crippen LogP contribution in [0.4, 0.5) is 0 Å². The van der Waals surface area contributed by atoms with Gasteiger partial charge in [0.1, 0.15) is 0 Å². The number of hydrogen-bond acceptors (Lipinski definition) is 1. The van der Waals surface area contributed by atoms with Gasteiger partial charge in [0.25, 0.3) is 0 Å². The van der Waals surface area contributed by atoms with Crippen LogP contribution in [0.15, 0.2) is 54.6 Å². The van der Waals surface area contributed by atoms with E-state index in [9.17, 15) is 5.11 Å². The van der Waals surface area contributed by atoms with Gasteiger partial charge in [-0.25, -0.2) is 0 Å². The minimum Gasteiger partial charge on any atom is -0.396 e. The van der Waals surface area contributed by atoms with E-state index in [0.29, 0.717) is 5.92 Å². The maximum atomic E-state index is 9.44. The van der Waals surface area contributed by atoms with Crippen LogP contribution < -0.4 is 0 Å². The number of allylic oxidation sites excluding steroid dienone is 4. The van der Waals surface area contributed by atoms with Gasteiger partial charge in [0.05, 0.1) is 0 Å². The third-order valence-electron chi connectivity index (χ3n) is 5.51. The van der Waals surface area contributed by atoms with Crippen molar-refractivity contribution in [1.29, 1.82) is 0 Å². The van der Waals surface area contributed by atoms with Crippen molar-refractivity contribution in [3.8, 4) is 11.1 Å². The fourth-order valence-electron chi connectivity index (χ4n) is 4.18. The Morgan fingerprint density at radius 3 is 2.44 bits per heavy atom. The Morgan fingerprint density at radius 2 is 1.78 bits per heavy atom.